The van der Waals surface area contributed by atoms with Crippen molar-refractivity contribution in [1.29, 1.82) is 0 Å². The first kappa shape index (κ1) is 30.5. The predicted molar refractivity (Wildman–Crippen MR) is 158 cm³/mol. The topological polar surface area (TPSA) is 128 Å². The van der Waals surface area contributed by atoms with E-state index in [4.69, 9.17) is 15.9 Å². The van der Waals surface area contributed by atoms with E-state index in [9.17, 15) is 14.4 Å². The van der Waals surface area contributed by atoms with Gasteiger partial charge in [0, 0.05) is 6.04 Å². The molecule has 1 aliphatic carbocycles. The maximum Gasteiger partial charge on any atom is 0.408 e. The molecular weight excluding hydrogens is 548 g/mol. The highest BCUT2D eigenvalue weighted by molar-refractivity contribution is 5.92. The molecule has 2 saturated heterocycles. The van der Waals surface area contributed by atoms with E-state index in [1.165, 1.54) is 5.56 Å². The standard InChI is InChI=1S/C32H42N6O5/c1-5-17-42-20-22-19-37(36-35-22)23-13-15-27(34-31(41)43-32(2,3)4)30(40)38-24(18-23)14-16-28(38)29(39)33-26-12-8-10-21-9-6-7-11-25(21)26/h1,6-7,9,11,19,23-24,26-28H,8,10,12-18,20H2,2-4H3,(H,33,39)(H,34,41)/t23?,24-,26-,27+,28+/m1/s1. The summed E-state index contributed by atoms with van der Waals surface area (Å²) in [5.41, 5.74) is 2.34. The highest BCUT2D eigenvalue weighted by Crippen LogP contribution is 2.36. The SMILES string of the molecule is C#CCOCc1cn(C2CC[C@H](NC(=O)OC(C)(C)C)C(=O)N3[C@H](CC[C@H]3C(=O)N[C@@H]3CCCc4ccccc43)C2)nn1. The highest BCUT2D eigenvalue weighted by atomic mass is 16.6. The number of amides is 3. The summed E-state index contributed by atoms with van der Waals surface area (Å²) in [5.74, 6) is 2.03. The van der Waals surface area contributed by atoms with Gasteiger partial charge < -0.3 is 25.0 Å². The Morgan fingerprint density at radius 1 is 1.07 bits per heavy atom. The molecule has 2 aliphatic heterocycles. The van der Waals surface area contributed by atoms with Crippen molar-refractivity contribution in [2.24, 2.45) is 0 Å². The molecular formula is C32H42N6O5. The molecule has 11 nitrogen and oxygen atoms in total. The summed E-state index contributed by atoms with van der Waals surface area (Å²) >= 11 is 0. The molecule has 1 aromatic carbocycles. The average molecular weight is 591 g/mol. The lowest BCUT2D eigenvalue weighted by atomic mass is 9.87. The number of terminal acetylenes is 1. The number of ether oxygens (including phenoxy) is 2. The van der Waals surface area contributed by atoms with Gasteiger partial charge in [-0.2, -0.15) is 0 Å². The minimum Gasteiger partial charge on any atom is -0.444 e. The van der Waals surface area contributed by atoms with Gasteiger partial charge in [-0.25, -0.2) is 9.48 Å². The quantitative estimate of drug-likeness (QED) is 0.373. The van der Waals surface area contributed by atoms with Gasteiger partial charge in [-0.3, -0.25) is 9.59 Å². The van der Waals surface area contributed by atoms with E-state index in [-0.39, 0.29) is 43.2 Å². The van der Waals surface area contributed by atoms with Gasteiger partial charge in [0.1, 0.15) is 30.0 Å². The Balaban J connectivity index is 1.37. The third kappa shape index (κ3) is 7.36. The number of carbonyl (C=O) groups is 3. The predicted octanol–water partition coefficient (Wildman–Crippen LogP) is 3.60. The lowest BCUT2D eigenvalue weighted by Gasteiger charge is -2.38. The van der Waals surface area contributed by atoms with E-state index in [1.54, 1.807) is 30.4 Å². The Kier molecular flexibility index (Phi) is 9.35. The van der Waals surface area contributed by atoms with Crippen molar-refractivity contribution in [3.8, 4) is 12.3 Å². The van der Waals surface area contributed by atoms with E-state index >= 15 is 0 Å². The number of nitrogens with zero attached hydrogens (tertiary/aromatic N) is 4. The van der Waals surface area contributed by atoms with Gasteiger partial charge in [-0.1, -0.05) is 35.4 Å². The molecule has 1 unspecified atom stereocenters. The van der Waals surface area contributed by atoms with Crippen molar-refractivity contribution < 1.29 is 23.9 Å². The smallest absolute Gasteiger partial charge is 0.408 e. The zero-order valence-corrected chi connectivity index (χ0v) is 25.3. The number of benzene rings is 1. The van der Waals surface area contributed by atoms with Crippen molar-refractivity contribution in [1.82, 2.24) is 30.5 Å². The zero-order chi connectivity index (χ0) is 30.6. The van der Waals surface area contributed by atoms with Gasteiger partial charge >= 0.3 is 6.09 Å². The first-order valence-corrected chi connectivity index (χ1v) is 15.2. The average Bonchev–Trinajstić information content (AvgIpc) is 3.60. The molecule has 0 bridgehead atoms. The molecule has 5 rings (SSSR count). The molecule has 5 atom stereocenters. The van der Waals surface area contributed by atoms with Crippen LogP contribution in [0.3, 0.4) is 0 Å². The molecule has 2 fully saturated rings. The molecule has 0 radical (unpaired) electrons. The molecule has 1 aromatic heterocycles. The van der Waals surface area contributed by atoms with Crippen LogP contribution in [0.15, 0.2) is 30.5 Å². The molecule has 2 N–H and O–H groups in total. The number of rotatable bonds is 7. The third-order valence-electron chi connectivity index (χ3n) is 8.43. The van der Waals surface area contributed by atoms with Crippen LogP contribution in [0.2, 0.25) is 0 Å². The van der Waals surface area contributed by atoms with E-state index in [1.807, 2.05) is 18.3 Å². The van der Waals surface area contributed by atoms with Gasteiger partial charge in [0.25, 0.3) is 0 Å². The second-order valence-electron chi connectivity index (χ2n) is 12.7. The van der Waals surface area contributed by atoms with Crippen LogP contribution < -0.4 is 10.6 Å². The first-order valence-electron chi connectivity index (χ1n) is 15.2. The number of hydrogen-bond acceptors (Lipinski definition) is 7. The van der Waals surface area contributed by atoms with Crippen molar-refractivity contribution in [3.63, 3.8) is 0 Å². The molecule has 11 heteroatoms. The maximum atomic E-state index is 14.1. The molecule has 3 amide bonds. The molecule has 3 heterocycles. The Bertz CT molecular complexity index is 1360. The zero-order valence-electron chi connectivity index (χ0n) is 25.3. The summed E-state index contributed by atoms with van der Waals surface area (Å²) in [6.07, 6.45) is 12.1. The summed E-state index contributed by atoms with van der Waals surface area (Å²) in [6.45, 7) is 5.76. The van der Waals surface area contributed by atoms with E-state index in [0.29, 0.717) is 37.8 Å². The second kappa shape index (κ2) is 13.2. The van der Waals surface area contributed by atoms with E-state index < -0.39 is 23.8 Å². The number of fused-ring (bicyclic) bond motifs is 2. The number of nitrogens with one attached hydrogen (secondary N) is 2. The fraction of sp³-hybridized carbons (Fsp3) is 0.594. The van der Waals surface area contributed by atoms with Gasteiger partial charge in [0.15, 0.2) is 0 Å². The van der Waals surface area contributed by atoms with Crippen molar-refractivity contribution >= 4 is 17.9 Å². The minimum absolute atomic E-state index is 0.0879. The Hall–Kier alpha value is -3.91. The van der Waals surface area contributed by atoms with Gasteiger partial charge in [-0.05, 0) is 83.3 Å². The normalized spacial score (nSPS) is 25.5. The largest absolute Gasteiger partial charge is 0.444 e. The fourth-order valence-corrected chi connectivity index (χ4v) is 6.57. The molecule has 43 heavy (non-hydrogen) atoms. The van der Waals surface area contributed by atoms with E-state index in [2.05, 4.69) is 39.0 Å². The van der Waals surface area contributed by atoms with Crippen molar-refractivity contribution in [3.05, 3.63) is 47.3 Å². The van der Waals surface area contributed by atoms with Crippen LogP contribution >= 0.6 is 0 Å². The maximum absolute atomic E-state index is 14.1. The summed E-state index contributed by atoms with van der Waals surface area (Å²) in [6, 6.07) is 6.38. The lowest BCUT2D eigenvalue weighted by molar-refractivity contribution is -0.143. The summed E-state index contributed by atoms with van der Waals surface area (Å²) in [4.78, 5) is 42.4. The number of alkyl carbamates (subject to hydrolysis) is 1. The molecule has 0 spiro atoms. The molecule has 2 aromatic rings. The van der Waals surface area contributed by atoms with Crippen LogP contribution in [0, 0.1) is 12.3 Å². The van der Waals surface area contributed by atoms with Gasteiger partial charge in [0.05, 0.1) is 24.9 Å². The van der Waals surface area contributed by atoms with E-state index in [0.717, 1.165) is 24.8 Å². The van der Waals surface area contributed by atoms with Gasteiger partial charge in [-0.15, -0.1) is 11.5 Å². The van der Waals surface area contributed by atoms with Gasteiger partial charge in [0.2, 0.25) is 11.8 Å². The Morgan fingerprint density at radius 3 is 2.65 bits per heavy atom. The number of carbonyl (C=O) groups excluding carboxylic acids is 3. The third-order valence-corrected chi connectivity index (χ3v) is 8.43. The van der Waals surface area contributed by atoms with Crippen LogP contribution in [-0.2, 0) is 32.1 Å². The molecule has 3 aliphatic rings. The van der Waals surface area contributed by atoms with Crippen molar-refractivity contribution in [2.75, 3.05) is 6.61 Å². The summed E-state index contributed by atoms with van der Waals surface area (Å²) in [7, 11) is 0. The molecule has 230 valence electrons. The monoisotopic (exact) mass is 590 g/mol. The summed E-state index contributed by atoms with van der Waals surface area (Å²) in [5, 5.41) is 14.7. The van der Waals surface area contributed by atoms with Crippen LogP contribution in [0.1, 0.15) is 94.6 Å². The lowest BCUT2D eigenvalue weighted by Crippen LogP contribution is -2.57. The Labute approximate surface area is 253 Å². The first-order chi connectivity index (χ1) is 20.6. The Morgan fingerprint density at radius 2 is 1.86 bits per heavy atom. The second-order valence-corrected chi connectivity index (χ2v) is 12.7. The highest BCUT2D eigenvalue weighted by Gasteiger charge is 2.46. The number of aromatic nitrogens is 3. The van der Waals surface area contributed by atoms with Crippen LogP contribution in [-0.4, -0.2) is 68.1 Å². The summed E-state index contributed by atoms with van der Waals surface area (Å²) < 4.78 is 12.7. The van der Waals surface area contributed by atoms with Crippen LogP contribution in [0.4, 0.5) is 4.79 Å². The van der Waals surface area contributed by atoms with Crippen molar-refractivity contribution in [2.45, 2.75) is 115 Å². The number of hydrogen-bond donors (Lipinski definition) is 2. The van der Waals surface area contributed by atoms with Crippen LogP contribution in [0.25, 0.3) is 0 Å². The van der Waals surface area contributed by atoms with Crippen LogP contribution in [0.5, 0.6) is 0 Å². The fourth-order valence-electron chi connectivity index (χ4n) is 6.57. The molecule has 0 saturated carbocycles. The number of aryl methyl sites for hydroxylation is 1. The minimum atomic E-state index is -0.842.